The molecule has 0 radical (unpaired) electrons. The van der Waals surface area contributed by atoms with Gasteiger partial charge in [0.05, 0.1) is 12.5 Å². The minimum absolute atomic E-state index is 0.669. The van der Waals surface area contributed by atoms with Gasteiger partial charge in [0.15, 0.2) is 0 Å². The highest BCUT2D eigenvalue weighted by Gasteiger charge is 1.94. The molecule has 2 rings (SSSR count). The van der Waals surface area contributed by atoms with E-state index in [-0.39, 0.29) is 0 Å². The molecule has 16 heavy (non-hydrogen) atoms. The second-order valence-electron chi connectivity index (χ2n) is 3.47. The predicted molar refractivity (Wildman–Crippen MR) is 62.4 cm³/mol. The molecular formula is C13H15NO2. The fraction of sp³-hybridized carbons (Fsp3) is 0.231. The molecule has 0 unspecified atom stereocenters. The van der Waals surface area contributed by atoms with E-state index in [0.29, 0.717) is 6.61 Å². The van der Waals surface area contributed by atoms with Gasteiger partial charge in [0.1, 0.15) is 12.4 Å². The van der Waals surface area contributed by atoms with E-state index >= 15 is 0 Å². The van der Waals surface area contributed by atoms with Crippen molar-refractivity contribution in [2.24, 2.45) is 0 Å². The Morgan fingerprint density at radius 3 is 2.75 bits per heavy atom. The van der Waals surface area contributed by atoms with Gasteiger partial charge in [-0.25, -0.2) is 0 Å². The van der Waals surface area contributed by atoms with E-state index in [0.717, 1.165) is 24.4 Å². The van der Waals surface area contributed by atoms with Crippen LogP contribution in [0.25, 0.3) is 0 Å². The van der Waals surface area contributed by atoms with Crippen LogP contribution >= 0.6 is 0 Å². The lowest BCUT2D eigenvalue weighted by molar-refractivity contribution is 0.313. The van der Waals surface area contributed by atoms with Crippen LogP contribution < -0.4 is 10.1 Å². The Bertz CT molecular complexity index is 384. The molecule has 0 aliphatic heterocycles. The summed E-state index contributed by atoms with van der Waals surface area (Å²) in [5, 5.41) is 3.27. The van der Waals surface area contributed by atoms with Crippen LogP contribution in [0.2, 0.25) is 0 Å². The fourth-order valence-electron chi connectivity index (χ4n) is 1.38. The zero-order valence-electron chi connectivity index (χ0n) is 9.06. The highest BCUT2D eigenvalue weighted by atomic mass is 16.5. The molecule has 2 aromatic rings. The predicted octanol–water partition coefficient (Wildman–Crippen LogP) is 2.45. The molecule has 84 valence electrons. The van der Waals surface area contributed by atoms with Gasteiger partial charge in [-0.1, -0.05) is 18.2 Å². The summed E-state index contributed by atoms with van der Waals surface area (Å²) >= 11 is 0. The van der Waals surface area contributed by atoms with E-state index in [2.05, 4.69) is 5.32 Å². The molecular weight excluding hydrogens is 202 g/mol. The van der Waals surface area contributed by atoms with Crippen LogP contribution in [0.3, 0.4) is 0 Å². The smallest absolute Gasteiger partial charge is 0.119 e. The molecule has 0 atom stereocenters. The lowest BCUT2D eigenvalue weighted by atomic mass is 10.3. The van der Waals surface area contributed by atoms with E-state index in [4.69, 9.17) is 9.15 Å². The van der Waals surface area contributed by atoms with Crippen molar-refractivity contribution in [3.8, 4) is 5.75 Å². The molecule has 0 saturated carbocycles. The molecule has 0 spiro atoms. The van der Waals surface area contributed by atoms with Crippen LogP contribution in [-0.4, -0.2) is 13.2 Å². The first kappa shape index (κ1) is 10.8. The number of nitrogens with one attached hydrogen (secondary N) is 1. The van der Waals surface area contributed by atoms with E-state index in [9.17, 15) is 0 Å². The van der Waals surface area contributed by atoms with Gasteiger partial charge in [-0.2, -0.15) is 0 Å². The van der Waals surface area contributed by atoms with E-state index < -0.39 is 0 Å². The zero-order chi connectivity index (χ0) is 11.1. The van der Waals surface area contributed by atoms with Crippen LogP contribution in [0.1, 0.15) is 5.56 Å². The zero-order valence-corrected chi connectivity index (χ0v) is 9.06. The van der Waals surface area contributed by atoms with Crippen molar-refractivity contribution in [2.75, 3.05) is 13.2 Å². The third-order valence-electron chi connectivity index (χ3n) is 2.20. The topological polar surface area (TPSA) is 34.4 Å². The van der Waals surface area contributed by atoms with Crippen molar-refractivity contribution in [3.63, 3.8) is 0 Å². The highest BCUT2D eigenvalue weighted by molar-refractivity contribution is 5.20. The van der Waals surface area contributed by atoms with E-state index in [1.54, 1.807) is 12.5 Å². The molecule has 3 nitrogen and oxygen atoms in total. The second kappa shape index (κ2) is 5.98. The van der Waals surface area contributed by atoms with Crippen molar-refractivity contribution >= 4 is 0 Å². The standard InChI is InChI=1S/C13H15NO2/c1-2-4-13(5-3-1)16-9-7-14-10-12-6-8-15-11-12/h1-6,8,11,14H,7,9-10H2. The van der Waals surface area contributed by atoms with Crippen LogP contribution in [0.15, 0.2) is 53.3 Å². The Morgan fingerprint density at radius 2 is 2.00 bits per heavy atom. The van der Waals surface area contributed by atoms with Gasteiger partial charge in [0.2, 0.25) is 0 Å². The number of hydrogen-bond donors (Lipinski definition) is 1. The Kier molecular flexibility index (Phi) is 4.02. The van der Waals surface area contributed by atoms with Gasteiger partial charge in [0, 0.05) is 18.7 Å². The number of hydrogen-bond acceptors (Lipinski definition) is 3. The van der Waals surface area contributed by atoms with Crippen molar-refractivity contribution in [1.82, 2.24) is 5.32 Å². The van der Waals surface area contributed by atoms with Crippen molar-refractivity contribution in [1.29, 1.82) is 0 Å². The minimum atomic E-state index is 0.669. The highest BCUT2D eigenvalue weighted by Crippen LogP contribution is 2.07. The van der Waals surface area contributed by atoms with Crippen LogP contribution in [0.5, 0.6) is 5.75 Å². The normalized spacial score (nSPS) is 10.2. The molecule has 1 aromatic carbocycles. The van der Waals surface area contributed by atoms with E-state index in [1.807, 2.05) is 36.4 Å². The third-order valence-corrected chi connectivity index (χ3v) is 2.20. The Hall–Kier alpha value is -1.74. The molecule has 1 N–H and O–H groups in total. The maximum atomic E-state index is 5.54. The summed E-state index contributed by atoms with van der Waals surface area (Å²) in [6, 6.07) is 11.8. The lowest BCUT2D eigenvalue weighted by Gasteiger charge is -2.06. The summed E-state index contributed by atoms with van der Waals surface area (Å²) in [5.74, 6) is 0.910. The van der Waals surface area contributed by atoms with Crippen LogP contribution in [0, 0.1) is 0 Å². The Morgan fingerprint density at radius 1 is 1.12 bits per heavy atom. The van der Waals surface area contributed by atoms with E-state index in [1.165, 1.54) is 0 Å². The molecule has 1 heterocycles. The Balaban J connectivity index is 1.59. The average Bonchev–Trinajstić information content (AvgIpc) is 2.83. The fourth-order valence-corrected chi connectivity index (χ4v) is 1.38. The number of benzene rings is 1. The van der Waals surface area contributed by atoms with Gasteiger partial charge in [-0.15, -0.1) is 0 Å². The van der Waals surface area contributed by atoms with Gasteiger partial charge in [-0.05, 0) is 18.2 Å². The van der Waals surface area contributed by atoms with Crippen molar-refractivity contribution in [3.05, 3.63) is 54.5 Å². The summed E-state index contributed by atoms with van der Waals surface area (Å²) < 4.78 is 10.5. The first-order chi connectivity index (χ1) is 7.95. The second-order valence-corrected chi connectivity index (χ2v) is 3.47. The number of rotatable bonds is 6. The number of furan rings is 1. The largest absolute Gasteiger partial charge is 0.492 e. The van der Waals surface area contributed by atoms with Crippen molar-refractivity contribution in [2.45, 2.75) is 6.54 Å². The van der Waals surface area contributed by atoms with Gasteiger partial charge < -0.3 is 14.5 Å². The van der Waals surface area contributed by atoms with Gasteiger partial charge in [0.25, 0.3) is 0 Å². The summed E-state index contributed by atoms with van der Waals surface area (Å²) in [6.07, 6.45) is 3.42. The number of ether oxygens (including phenoxy) is 1. The lowest BCUT2D eigenvalue weighted by Crippen LogP contribution is -2.20. The summed E-state index contributed by atoms with van der Waals surface area (Å²) in [7, 11) is 0. The van der Waals surface area contributed by atoms with Crippen LogP contribution in [0.4, 0.5) is 0 Å². The summed E-state index contributed by atoms with van der Waals surface area (Å²) in [4.78, 5) is 0. The van der Waals surface area contributed by atoms with Crippen LogP contribution in [-0.2, 0) is 6.54 Å². The SMILES string of the molecule is c1ccc(OCCNCc2ccoc2)cc1. The maximum Gasteiger partial charge on any atom is 0.119 e. The molecule has 0 aliphatic carbocycles. The average molecular weight is 217 g/mol. The maximum absolute atomic E-state index is 5.54. The minimum Gasteiger partial charge on any atom is -0.492 e. The van der Waals surface area contributed by atoms with Gasteiger partial charge >= 0.3 is 0 Å². The van der Waals surface area contributed by atoms with Gasteiger partial charge in [-0.3, -0.25) is 0 Å². The Labute approximate surface area is 95.0 Å². The quantitative estimate of drug-likeness (QED) is 0.755. The molecule has 0 aliphatic rings. The van der Waals surface area contributed by atoms with Crippen molar-refractivity contribution < 1.29 is 9.15 Å². The summed E-state index contributed by atoms with van der Waals surface area (Å²) in [5.41, 5.74) is 1.15. The molecule has 3 heteroatoms. The molecule has 1 aromatic heterocycles. The molecule has 0 fully saturated rings. The number of para-hydroxylation sites is 1. The molecule has 0 saturated heterocycles. The first-order valence-electron chi connectivity index (χ1n) is 5.35. The first-order valence-corrected chi connectivity index (χ1v) is 5.35. The third kappa shape index (κ3) is 3.44. The summed E-state index contributed by atoms with van der Waals surface area (Å²) in [6.45, 7) is 2.30. The molecule has 0 amide bonds. The molecule has 0 bridgehead atoms. The monoisotopic (exact) mass is 217 g/mol.